The van der Waals surface area contributed by atoms with Gasteiger partial charge in [-0.15, -0.1) is 0 Å². The number of hydrogen-bond donors (Lipinski definition) is 1. The number of fused-ring (bicyclic) bond motifs is 1. The number of esters is 1. The van der Waals surface area contributed by atoms with E-state index >= 15 is 0 Å². The summed E-state index contributed by atoms with van der Waals surface area (Å²) in [5.74, 6) is -1.25. The lowest BCUT2D eigenvalue weighted by molar-refractivity contribution is -0.119. The monoisotopic (exact) mass is 464 g/mol. The zero-order chi connectivity index (χ0) is 23.4. The molecule has 0 spiro atoms. The molecule has 7 nitrogen and oxygen atoms in total. The molecule has 0 unspecified atom stereocenters. The van der Waals surface area contributed by atoms with E-state index in [1.165, 1.54) is 28.6 Å². The van der Waals surface area contributed by atoms with Crippen LogP contribution >= 0.6 is 0 Å². The first-order valence-corrected chi connectivity index (χ1v) is 12.0. The molecule has 3 aromatic rings. The van der Waals surface area contributed by atoms with E-state index in [9.17, 15) is 18.0 Å². The van der Waals surface area contributed by atoms with E-state index < -0.39 is 28.5 Å². The second kappa shape index (κ2) is 9.56. The van der Waals surface area contributed by atoms with Gasteiger partial charge < -0.3 is 10.1 Å². The average Bonchev–Trinajstić information content (AvgIpc) is 2.83. The van der Waals surface area contributed by atoms with Crippen molar-refractivity contribution in [2.24, 2.45) is 0 Å². The highest BCUT2D eigenvalue weighted by Crippen LogP contribution is 2.25. The minimum Gasteiger partial charge on any atom is -0.452 e. The van der Waals surface area contributed by atoms with Crippen molar-refractivity contribution >= 4 is 27.6 Å². The number of anilines is 1. The van der Waals surface area contributed by atoms with Crippen molar-refractivity contribution in [1.82, 2.24) is 4.31 Å². The SMILES string of the molecule is Cc1ccccc1NC(=O)COC(=O)c1cccc(S(=O)(=O)N2CCc3ccccc3C2)c1. The fourth-order valence-corrected chi connectivity index (χ4v) is 5.19. The molecule has 0 aliphatic carbocycles. The predicted octanol–water partition coefficient (Wildman–Crippen LogP) is 3.54. The molecule has 0 aromatic heterocycles. The fourth-order valence-electron chi connectivity index (χ4n) is 3.72. The van der Waals surface area contributed by atoms with E-state index in [-0.39, 0.29) is 17.0 Å². The summed E-state index contributed by atoms with van der Waals surface area (Å²) < 4.78 is 32.9. The van der Waals surface area contributed by atoms with Gasteiger partial charge in [0.25, 0.3) is 5.91 Å². The van der Waals surface area contributed by atoms with Gasteiger partial charge in [0.15, 0.2) is 6.61 Å². The second-order valence-corrected chi connectivity index (χ2v) is 9.76. The molecule has 170 valence electrons. The summed E-state index contributed by atoms with van der Waals surface area (Å²) in [6.07, 6.45) is 0.632. The van der Waals surface area contributed by atoms with Crippen LogP contribution in [0.25, 0.3) is 0 Å². The van der Waals surface area contributed by atoms with Crippen molar-refractivity contribution in [2.45, 2.75) is 24.8 Å². The third kappa shape index (κ3) is 5.13. The van der Waals surface area contributed by atoms with Gasteiger partial charge in [-0.05, 0) is 54.3 Å². The maximum Gasteiger partial charge on any atom is 0.338 e. The first-order chi connectivity index (χ1) is 15.8. The Morgan fingerprint density at radius 2 is 1.70 bits per heavy atom. The summed E-state index contributed by atoms with van der Waals surface area (Å²) in [7, 11) is -3.79. The maximum absolute atomic E-state index is 13.2. The van der Waals surface area contributed by atoms with E-state index in [1.54, 1.807) is 12.1 Å². The van der Waals surface area contributed by atoms with Gasteiger partial charge >= 0.3 is 5.97 Å². The van der Waals surface area contributed by atoms with Crippen LogP contribution in [0.1, 0.15) is 27.0 Å². The highest BCUT2D eigenvalue weighted by atomic mass is 32.2. The molecule has 3 aromatic carbocycles. The van der Waals surface area contributed by atoms with Crippen molar-refractivity contribution in [3.63, 3.8) is 0 Å². The van der Waals surface area contributed by atoms with Crippen molar-refractivity contribution in [2.75, 3.05) is 18.5 Å². The van der Waals surface area contributed by atoms with Crippen molar-refractivity contribution in [3.05, 3.63) is 95.1 Å². The molecule has 4 rings (SSSR count). The molecule has 1 heterocycles. The number of aryl methyl sites for hydroxylation is 1. The van der Waals surface area contributed by atoms with Crippen LogP contribution in [0.4, 0.5) is 5.69 Å². The molecular weight excluding hydrogens is 440 g/mol. The van der Waals surface area contributed by atoms with Crippen LogP contribution in [0.5, 0.6) is 0 Å². The lowest BCUT2D eigenvalue weighted by Crippen LogP contribution is -2.36. The van der Waals surface area contributed by atoms with Gasteiger partial charge in [0.05, 0.1) is 10.5 Å². The van der Waals surface area contributed by atoms with Gasteiger partial charge in [0.1, 0.15) is 0 Å². The third-order valence-corrected chi connectivity index (χ3v) is 7.40. The maximum atomic E-state index is 13.2. The van der Waals surface area contributed by atoms with Crippen LogP contribution in [-0.4, -0.2) is 37.8 Å². The number of sulfonamides is 1. The van der Waals surface area contributed by atoms with Gasteiger partial charge in [-0.2, -0.15) is 4.31 Å². The Labute approximate surface area is 193 Å². The Morgan fingerprint density at radius 1 is 0.970 bits per heavy atom. The quantitative estimate of drug-likeness (QED) is 0.564. The molecule has 0 saturated heterocycles. The molecule has 0 fully saturated rings. The third-order valence-electron chi connectivity index (χ3n) is 5.56. The standard InChI is InChI=1S/C25H24N2O5S/c1-18-7-2-5-12-23(18)26-24(28)17-32-25(29)20-10-6-11-22(15-20)33(30,31)27-14-13-19-8-3-4-9-21(19)16-27/h2-12,15H,13-14,16-17H2,1H3,(H,26,28). The van der Waals surface area contributed by atoms with Crippen molar-refractivity contribution < 1.29 is 22.7 Å². The second-order valence-electron chi connectivity index (χ2n) is 7.82. The van der Waals surface area contributed by atoms with E-state index in [0.717, 1.165) is 16.7 Å². The van der Waals surface area contributed by atoms with Crippen LogP contribution in [0.15, 0.2) is 77.7 Å². The molecule has 1 amide bonds. The molecule has 0 radical (unpaired) electrons. The number of para-hydroxylation sites is 1. The Balaban J connectivity index is 1.42. The van der Waals surface area contributed by atoms with Crippen molar-refractivity contribution in [3.8, 4) is 0 Å². The summed E-state index contributed by atoms with van der Waals surface area (Å²) in [6.45, 7) is 2.03. The van der Waals surface area contributed by atoms with Crippen LogP contribution in [0, 0.1) is 6.92 Å². The summed E-state index contributed by atoms with van der Waals surface area (Å²) >= 11 is 0. The number of hydrogen-bond acceptors (Lipinski definition) is 5. The lowest BCUT2D eigenvalue weighted by atomic mass is 10.0. The fraction of sp³-hybridized carbons (Fsp3) is 0.200. The normalized spacial score (nSPS) is 13.7. The molecule has 0 saturated carbocycles. The highest BCUT2D eigenvalue weighted by molar-refractivity contribution is 7.89. The Kier molecular flexibility index (Phi) is 6.57. The van der Waals surface area contributed by atoms with E-state index in [0.29, 0.717) is 18.7 Å². The molecule has 0 bridgehead atoms. The van der Waals surface area contributed by atoms with Crippen molar-refractivity contribution in [1.29, 1.82) is 0 Å². The topological polar surface area (TPSA) is 92.8 Å². The summed E-state index contributed by atoms with van der Waals surface area (Å²) in [6, 6.07) is 20.7. The van der Waals surface area contributed by atoms with Crippen LogP contribution in [0.2, 0.25) is 0 Å². The van der Waals surface area contributed by atoms with E-state index in [1.807, 2.05) is 43.3 Å². The summed E-state index contributed by atoms with van der Waals surface area (Å²) in [4.78, 5) is 24.6. The lowest BCUT2D eigenvalue weighted by Gasteiger charge is -2.28. The average molecular weight is 465 g/mol. The number of carbonyl (C=O) groups is 2. The number of nitrogens with zero attached hydrogens (tertiary/aromatic N) is 1. The van der Waals surface area contributed by atoms with Crippen LogP contribution in [-0.2, 0) is 32.5 Å². The zero-order valence-electron chi connectivity index (χ0n) is 18.2. The minimum absolute atomic E-state index is 0.0145. The number of ether oxygens (including phenoxy) is 1. The van der Waals surface area contributed by atoms with Gasteiger partial charge in [0, 0.05) is 18.8 Å². The van der Waals surface area contributed by atoms with E-state index in [4.69, 9.17) is 4.74 Å². The Hall–Kier alpha value is -3.49. The molecule has 8 heteroatoms. The number of amides is 1. The smallest absolute Gasteiger partial charge is 0.338 e. The molecular formula is C25H24N2O5S. The largest absolute Gasteiger partial charge is 0.452 e. The van der Waals surface area contributed by atoms with Gasteiger partial charge in [-0.1, -0.05) is 48.5 Å². The number of benzene rings is 3. The number of rotatable bonds is 6. The first kappa shape index (κ1) is 22.7. The van der Waals surface area contributed by atoms with Crippen LogP contribution in [0.3, 0.4) is 0 Å². The van der Waals surface area contributed by atoms with Gasteiger partial charge in [0.2, 0.25) is 10.0 Å². The van der Waals surface area contributed by atoms with E-state index in [2.05, 4.69) is 5.32 Å². The zero-order valence-corrected chi connectivity index (χ0v) is 19.0. The molecule has 0 atom stereocenters. The summed E-state index contributed by atoms with van der Waals surface area (Å²) in [5.41, 5.74) is 3.70. The first-order valence-electron chi connectivity index (χ1n) is 10.5. The predicted molar refractivity (Wildman–Crippen MR) is 124 cm³/mol. The molecule has 1 aliphatic rings. The Morgan fingerprint density at radius 3 is 2.48 bits per heavy atom. The van der Waals surface area contributed by atoms with Gasteiger partial charge in [-0.3, -0.25) is 4.79 Å². The highest BCUT2D eigenvalue weighted by Gasteiger charge is 2.28. The molecule has 33 heavy (non-hydrogen) atoms. The summed E-state index contributed by atoms with van der Waals surface area (Å²) in [5, 5.41) is 2.69. The Bertz CT molecular complexity index is 1300. The molecule has 1 N–H and O–H groups in total. The van der Waals surface area contributed by atoms with Gasteiger partial charge in [-0.25, -0.2) is 13.2 Å². The number of carbonyl (C=O) groups excluding carboxylic acids is 2. The minimum atomic E-state index is -3.79. The van der Waals surface area contributed by atoms with Crippen LogP contribution < -0.4 is 5.32 Å². The number of nitrogens with one attached hydrogen (secondary N) is 1. The molecule has 1 aliphatic heterocycles.